The van der Waals surface area contributed by atoms with Crippen LogP contribution in [0, 0.1) is 5.41 Å². The molecule has 0 heterocycles. The number of carbonyl (C=O) groups is 1. The zero-order valence-electron chi connectivity index (χ0n) is 5.55. The van der Waals surface area contributed by atoms with Crippen LogP contribution in [0.5, 0.6) is 0 Å². The third-order valence-corrected chi connectivity index (χ3v) is 2.65. The van der Waals surface area contributed by atoms with Crippen LogP contribution in [0.2, 0.25) is 0 Å². The molecule has 0 spiro atoms. The van der Waals surface area contributed by atoms with Crippen molar-refractivity contribution in [2.75, 3.05) is 0 Å². The van der Waals surface area contributed by atoms with Gasteiger partial charge in [-0.2, -0.15) is 0 Å². The van der Waals surface area contributed by atoms with Crippen LogP contribution in [0.4, 0.5) is 0 Å². The Hall–Kier alpha value is -0.610. The Balaban J connectivity index is 2.04. The van der Waals surface area contributed by atoms with Gasteiger partial charge in [0, 0.05) is 5.54 Å². The first-order valence-electron chi connectivity index (χ1n) is 3.34. The van der Waals surface area contributed by atoms with E-state index in [4.69, 9.17) is 10.9 Å². The Morgan fingerprint density at radius 2 is 2.00 bits per heavy atom. The molecule has 10 heavy (non-hydrogen) atoms. The van der Waals surface area contributed by atoms with E-state index in [0.717, 1.165) is 19.3 Å². The van der Waals surface area contributed by atoms with Crippen LogP contribution in [-0.2, 0) is 4.79 Å². The molecule has 3 saturated carbocycles. The van der Waals surface area contributed by atoms with Gasteiger partial charge in [0.05, 0.1) is 5.41 Å². The topological polar surface area (TPSA) is 75.4 Å². The fourth-order valence-corrected chi connectivity index (χ4v) is 2.23. The largest absolute Gasteiger partial charge is 0.325 e. The molecule has 0 radical (unpaired) electrons. The normalized spacial score (nSPS) is 49.0. The van der Waals surface area contributed by atoms with E-state index in [1.54, 1.807) is 5.48 Å². The maximum atomic E-state index is 10.9. The van der Waals surface area contributed by atoms with E-state index < -0.39 is 0 Å². The zero-order chi connectivity index (χ0) is 7.41. The molecule has 1 amide bonds. The molecule has 4 nitrogen and oxygen atoms in total. The number of hydroxylamine groups is 1. The van der Waals surface area contributed by atoms with Crippen molar-refractivity contribution in [2.24, 2.45) is 11.1 Å². The number of rotatable bonds is 1. The Morgan fingerprint density at radius 1 is 1.50 bits per heavy atom. The monoisotopic (exact) mass is 142 g/mol. The van der Waals surface area contributed by atoms with Crippen LogP contribution in [0.1, 0.15) is 19.3 Å². The summed E-state index contributed by atoms with van der Waals surface area (Å²) in [5, 5.41) is 8.30. The molecule has 0 unspecified atom stereocenters. The lowest BCUT2D eigenvalue weighted by atomic mass is 9.39. The van der Waals surface area contributed by atoms with Crippen molar-refractivity contribution in [3.8, 4) is 0 Å². The van der Waals surface area contributed by atoms with Gasteiger partial charge in [-0.25, -0.2) is 5.48 Å². The SMILES string of the molecule is NC12CC(C(=O)NO)(C1)C2. The second kappa shape index (κ2) is 1.35. The second-order valence-corrected chi connectivity index (χ2v) is 3.61. The van der Waals surface area contributed by atoms with Crippen molar-refractivity contribution < 1.29 is 10.0 Å². The smallest absolute Gasteiger partial charge is 0.249 e. The number of hydrogen-bond donors (Lipinski definition) is 3. The first-order chi connectivity index (χ1) is 4.60. The van der Waals surface area contributed by atoms with E-state index in [1.165, 1.54) is 0 Å². The third kappa shape index (κ3) is 0.468. The van der Waals surface area contributed by atoms with Gasteiger partial charge in [-0.3, -0.25) is 10.0 Å². The highest BCUT2D eigenvalue weighted by Gasteiger charge is 2.69. The van der Waals surface area contributed by atoms with Crippen molar-refractivity contribution in [3.63, 3.8) is 0 Å². The highest BCUT2D eigenvalue weighted by Crippen LogP contribution is 2.65. The van der Waals surface area contributed by atoms with Gasteiger partial charge in [-0.1, -0.05) is 0 Å². The van der Waals surface area contributed by atoms with Crippen LogP contribution in [0.25, 0.3) is 0 Å². The van der Waals surface area contributed by atoms with E-state index in [1.807, 2.05) is 0 Å². The molecule has 3 aliphatic carbocycles. The molecule has 3 aliphatic rings. The lowest BCUT2D eigenvalue weighted by molar-refractivity contribution is -0.180. The molecule has 0 saturated heterocycles. The molecular weight excluding hydrogens is 132 g/mol. The van der Waals surface area contributed by atoms with Crippen LogP contribution in [0.3, 0.4) is 0 Å². The fraction of sp³-hybridized carbons (Fsp3) is 0.833. The predicted octanol–water partition coefficient (Wildman–Crippen LogP) is -0.627. The quantitative estimate of drug-likeness (QED) is 0.337. The standard InChI is InChI=1S/C6H10N2O2/c7-6-1-5(2-6,3-6)4(9)8-10/h10H,1-3,7H2,(H,8,9). The van der Waals surface area contributed by atoms with Gasteiger partial charge in [-0.05, 0) is 19.3 Å². The Bertz CT molecular complexity index is 182. The summed E-state index contributed by atoms with van der Waals surface area (Å²) in [5.41, 5.74) is 7.02. The summed E-state index contributed by atoms with van der Waals surface area (Å²) in [6.07, 6.45) is 2.23. The van der Waals surface area contributed by atoms with Crippen LogP contribution in [0.15, 0.2) is 0 Å². The van der Waals surface area contributed by atoms with E-state index in [2.05, 4.69) is 0 Å². The maximum absolute atomic E-state index is 10.9. The van der Waals surface area contributed by atoms with Gasteiger partial charge >= 0.3 is 0 Å². The number of nitrogens with one attached hydrogen (secondary N) is 1. The molecule has 2 bridgehead atoms. The summed E-state index contributed by atoms with van der Waals surface area (Å²) in [5.74, 6) is -0.264. The molecule has 4 N–H and O–H groups in total. The molecule has 56 valence electrons. The minimum Gasteiger partial charge on any atom is -0.325 e. The van der Waals surface area contributed by atoms with E-state index in [-0.39, 0.29) is 16.9 Å². The molecule has 0 aliphatic heterocycles. The first kappa shape index (κ1) is 6.12. The second-order valence-electron chi connectivity index (χ2n) is 3.61. The molecular formula is C6H10N2O2. The lowest BCUT2D eigenvalue weighted by Crippen LogP contribution is -2.76. The van der Waals surface area contributed by atoms with Crippen molar-refractivity contribution in [1.82, 2.24) is 5.48 Å². The first-order valence-corrected chi connectivity index (χ1v) is 3.34. The average molecular weight is 142 g/mol. The third-order valence-electron chi connectivity index (χ3n) is 2.65. The van der Waals surface area contributed by atoms with Crippen molar-refractivity contribution in [1.29, 1.82) is 0 Å². The van der Waals surface area contributed by atoms with E-state index >= 15 is 0 Å². The minimum absolute atomic E-state index is 0.0630. The number of amides is 1. The van der Waals surface area contributed by atoms with Gasteiger partial charge in [-0.15, -0.1) is 0 Å². The lowest BCUT2D eigenvalue weighted by Gasteiger charge is -2.67. The number of hydrogen-bond acceptors (Lipinski definition) is 3. The summed E-state index contributed by atoms with van der Waals surface area (Å²) in [7, 11) is 0. The molecule has 0 atom stereocenters. The van der Waals surface area contributed by atoms with Gasteiger partial charge in [0.2, 0.25) is 5.91 Å². The number of nitrogens with two attached hydrogens (primary N) is 1. The minimum atomic E-state index is -0.288. The van der Waals surface area contributed by atoms with Gasteiger partial charge in [0.25, 0.3) is 0 Å². The fourth-order valence-electron chi connectivity index (χ4n) is 2.23. The molecule has 0 aromatic carbocycles. The van der Waals surface area contributed by atoms with Crippen molar-refractivity contribution in [3.05, 3.63) is 0 Å². The summed E-state index contributed by atoms with van der Waals surface area (Å²) < 4.78 is 0. The molecule has 3 fully saturated rings. The summed E-state index contributed by atoms with van der Waals surface area (Å²) in [6, 6.07) is 0. The van der Waals surface area contributed by atoms with Crippen LogP contribution < -0.4 is 11.2 Å². The van der Waals surface area contributed by atoms with Crippen LogP contribution >= 0.6 is 0 Å². The Morgan fingerprint density at radius 3 is 2.30 bits per heavy atom. The maximum Gasteiger partial charge on any atom is 0.249 e. The summed E-state index contributed by atoms with van der Waals surface area (Å²) in [6.45, 7) is 0. The average Bonchev–Trinajstić information content (AvgIpc) is 1.77. The molecule has 3 rings (SSSR count). The van der Waals surface area contributed by atoms with Crippen LogP contribution in [-0.4, -0.2) is 16.7 Å². The van der Waals surface area contributed by atoms with E-state index in [0.29, 0.717) is 0 Å². The van der Waals surface area contributed by atoms with Gasteiger partial charge in [0.1, 0.15) is 0 Å². The van der Waals surface area contributed by atoms with Gasteiger partial charge in [0.15, 0.2) is 0 Å². The summed E-state index contributed by atoms with van der Waals surface area (Å²) in [4.78, 5) is 10.9. The highest BCUT2D eigenvalue weighted by atomic mass is 16.5. The highest BCUT2D eigenvalue weighted by molar-refractivity contribution is 5.86. The van der Waals surface area contributed by atoms with Gasteiger partial charge < -0.3 is 5.73 Å². The van der Waals surface area contributed by atoms with E-state index in [9.17, 15) is 4.79 Å². The molecule has 0 aromatic heterocycles. The predicted molar refractivity (Wildman–Crippen MR) is 33.1 cm³/mol. The van der Waals surface area contributed by atoms with Crippen molar-refractivity contribution in [2.45, 2.75) is 24.8 Å². The zero-order valence-corrected chi connectivity index (χ0v) is 5.55. The molecule has 0 aromatic rings. The Labute approximate surface area is 58.4 Å². The molecule has 4 heteroatoms. The number of carbonyl (C=O) groups excluding carboxylic acids is 1. The summed E-state index contributed by atoms with van der Waals surface area (Å²) >= 11 is 0. The van der Waals surface area contributed by atoms with Crippen molar-refractivity contribution >= 4 is 5.91 Å². The Kier molecular flexibility index (Phi) is 0.830.